The monoisotopic (exact) mass is 308 g/mol. The van der Waals surface area contributed by atoms with Crippen LogP contribution in [0, 0.1) is 0 Å². The lowest BCUT2D eigenvalue weighted by Gasteiger charge is -2.17. The molecule has 106 valence electrons. The first-order chi connectivity index (χ1) is 9.63. The molecule has 0 amide bonds. The predicted octanol–water partition coefficient (Wildman–Crippen LogP) is 4.80. The summed E-state index contributed by atoms with van der Waals surface area (Å²) in [4.78, 5) is 4.43. The first-order valence-corrected chi connectivity index (χ1v) is 7.49. The van der Waals surface area contributed by atoms with Crippen LogP contribution in [-0.2, 0) is 13.0 Å². The minimum atomic E-state index is 0.118. The molecule has 0 saturated carbocycles. The number of benzene rings is 1. The van der Waals surface area contributed by atoms with Gasteiger partial charge in [0.15, 0.2) is 0 Å². The van der Waals surface area contributed by atoms with Crippen LogP contribution in [0.2, 0.25) is 10.0 Å². The topological polar surface area (TPSA) is 24.9 Å². The largest absolute Gasteiger partial charge is 0.305 e. The molecule has 1 heterocycles. The lowest BCUT2D eigenvalue weighted by molar-refractivity contribution is 0.565. The van der Waals surface area contributed by atoms with E-state index in [-0.39, 0.29) is 6.04 Å². The summed E-state index contributed by atoms with van der Waals surface area (Å²) in [6, 6.07) is 9.91. The molecule has 1 aromatic heterocycles. The fourth-order valence-corrected chi connectivity index (χ4v) is 2.64. The van der Waals surface area contributed by atoms with Crippen molar-refractivity contribution in [2.24, 2.45) is 0 Å². The summed E-state index contributed by atoms with van der Waals surface area (Å²) in [6.45, 7) is 4.93. The highest BCUT2D eigenvalue weighted by molar-refractivity contribution is 6.42. The van der Waals surface area contributed by atoms with Gasteiger partial charge in [0.2, 0.25) is 0 Å². The van der Waals surface area contributed by atoms with E-state index in [2.05, 4.69) is 30.2 Å². The van der Waals surface area contributed by atoms with Crippen molar-refractivity contribution in [1.29, 1.82) is 0 Å². The van der Waals surface area contributed by atoms with E-state index in [0.717, 1.165) is 17.7 Å². The van der Waals surface area contributed by atoms with Crippen molar-refractivity contribution < 1.29 is 0 Å². The van der Waals surface area contributed by atoms with Crippen molar-refractivity contribution in [3.63, 3.8) is 0 Å². The Labute approximate surface area is 130 Å². The molecule has 0 fully saturated rings. The summed E-state index contributed by atoms with van der Waals surface area (Å²) in [6.07, 6.45) is 2.81. The Kier molecular flexibility index (Phi) is 5.41. The second-order valence-electron chi connectivity index (χ2n) is 4.71. The Balaban J connectivity index is 2.09. The number of nitrogens with zero attached hydrogens (tertiary/aromatic N) is 1. The molecule has 20 heavy (non-hydrogen) atoms. The number of aromatic nitrogens is 1. The van der Waals surface area contributed by atoms with Crippen molar-refractivity contribution in [2.75, 3.05) is 0 Å². The molecule has 1 atom stereocenters. The van der Waals surface area contributed by atoms with Crippen LogP contribution in [-0.4, -0.2) is 4.98 Å². The van der Waals surface area contributed by atoms with E-state index in [1.807, 2.05) is 24.4 Å². The highest BCUT2D eigenvalue weighted by Gasteiger charge is 2.12. The Morgan fingerprint density at radius 2 is 2.00 bits per heavy atom. The summed E-state index contributed by atoms with van der Waals surface area (Å²) in [5, 5.41) is 4.66. The van der Waals surface area contributed by atoms with Gasteiger partial charge in [0, 0.05) is 18.8 Å². The van der Waals surface area contributed by atoms with Gasteiger partial charge in [0.05, 0.1) is 15.7 Å². The van der Waals surface area contributed by atoms with E-state index in [1.54, 1.807) is 6.07 Å². The van der Waals surface area contributed by atoms with Gasteiger partial charge < -0.3 is 5.32 Å². The molecule has 2 aromatic rings. The lowest BCUT2D eigenvalue weighted by Crippen LogP contribution is -2.20. The number of hydrogen-bond donors (Lipinski definition) is 1. The summed E-state index contributed by atoms with van der Waals surface area (Å²) in [7, 11) is 0. The summed E-state index contributed by atoms with van der Waals surface area (Å²) >= 11 is 12.3. The van der Waals surface area contributed by atoms with Crippen molar-refractivity contribution in [1.82, 2.24) is 10.3 Å². The number of hydrogen-bond acceptors (Lipinski definition) is 2. The zero-order chi connectivity index (χ0) is 14.5. The highest BCUT2D eigenvalue weighted by Crippen LogP contribution is 2.29. The highest BCUT2D eigenvalue weighted by atomic mass is 35.5. The second kappa shape index (κ2) is 7.07. The van der Waals surface area contributed by atoms with Crippen LogP contribution in [0.25, 0.3) is 0 Å². The van der Waals surface area contributed by atoms with Crippen LogP contribution in [0.3, 0.4) is 0 Å². The van der Waals surface area contributed by atoms with Gasteiger partial charge >= 0.3 is 0 Å². The van der Waals surface area contributed by atoms with E-state index < -0.39 is 0 Å². The first-order valence-electron chi connectivity index (χ1n) is 6.73. The van der Waals surface area contributed by atoms with Crippen LogP contribution in [0.15, 0.2) is 36.5 Å². The molecule has 4 heteroatoms. The standard InChI is InChI=1S/C16H18Cl2N2/c1-3-12-6-5-9-19-15(12)10-20-11(2)13-7-4-8-14(17)16(13)18/h4-9,11,20H,3,10H2,1-2H3. The van der Waals surface area contributed by atoms with Gasteiger partial charge in [-0.2, -0.15) is 0 Å². The number of nitrogens with one attached hydrogen (secondary N) is 1. The Hall–Kier alpha value is -1.09. The first kappa shape index (κ1) is 15.3. The third-order valence-corrected chi connectivity index (χ3v) is 4.22. The Morgan fingerprint density at radius 3 is 2.75 bits per heavy atom. The molecule has 0 spiro atoms. The smallest absolute Gasteiger partial charge is 0.0639 e. The molecular formula is C16H18Cl2N2. The zero-order valence-corrected chi connectivity index (χ0v) is 13.2. The normalized spacial score (nSPS) is 12.4. The quantitative estimate of drug-likeness (QED) is 0.858. The molecule has 1 aromatic carbocycles. The molecule has 1 N–H and O–H groups in total. The van der Waals surface area contributed by atoms with E-state index in [0.29, 0.717) is 16.6 Å². The van der Waals surface area contributed by atoms with Crippen LogP contribution in [0.5, 0.6) is 0 Å². The number of rotatable bonds is 5. The van der Waals surface area contributed by atoms with Crippen LogP contribution < -0.4 is 5.32 Å². The third-order valence-electron chi connectivity index (χ3n) is 3.39. The fourth-order valence-electron chi connectivity index (χ4n) is 2.17. The molecule has 0 saturated heterocycles. The van der Waals surface area contributed by atoms with Gasteiger partial charge in [-0.1, -0.05) is 48.3 Å². The second-order valence-corrected chi connectivity index (χ2v) is 5.49. The van der Waals surface area contributed by atoms with E-state index in [1.165, 1.54) is 5.56 Å². The molecule has 0 bridgehead atoms. The summed E-state index contributed by atoms with van der Waals surface area (Å²) in [5.41, 5.74) is 3.36. The molecular weight excluding hydrogens is 291 g/mol. The Morgan fingerprint density at radius 1 is 1.20 bits per heavy atom. The van der Waals surface area contributed by atoms with E-state index >= 15 is 0 Å². The number of pyridine rings is 1. The van der Waals surface area contributed by atoms with Gasteiger partial charge in [-0.05, 0) is 36.6 Å². The maximum absolute atomic E-state index is 6.24. The molecule has 0 aliphatic rings. The summed E-state index contributed by atoms with van der Waals surface area (Å²) < 4.78 is 0. The predicted molar refractivity (Wildman–Crippen MR) is 85.3 cm³/mol. The lowest BCUT2D eigenvalue weighted by atomic mass is 10.1. The molecule has 0 aliphatic carbocycles. The van der Waals surface area contributed by atoms with Crippen molar-refractivity contribution in [3.05, 3.63) is 63.4 Å². The van der Waals surface area contributed by atoms with Crippen molar-refractivity contribution in [2.45, 2.75) is 32.9 Å². The summed E-state index contributed by atoms with van der Waals surface area (Å²) in [5.74, 6) is 0. The third kappa shape index (κ3) is 3.51. The van der Waals surface area contributed by atoms with Crippen molar-refractivity contribution >= 4 is 23.2 Å². The fraction of sp³-hybridized carbons (Fsp3) is 0.312. The average molecular weight is 309 g/mol. The van der Waals surface area contributed by atoms with Crippen LogP contribution in [0.4, 0.5) is 0 Å². The molecule has 0 radical (unpaired) electrons. The number of halogens is 2. The van der Waals surface area contributed by atoms with E-state index in [4.69, 9.17) is 23.2 Å². The Bertz CT molecular complexity index is 584. The molecule has 0 aliphatic heterocycles. The maximum Gasteiger partial charge on any atom is 0.0639 e. The van der Waals surface area contributed by atoms with Gasteiger partial charge in [0.1, 0.15) is 0 Å². The minimum Gasteiger partial charge on any atom is -0.305 e. The van der Waals surface area contributed by atoms with Crippen molar-refractivity contribution in [3.8, 4) is 0 Å². The van der Waals surface area contributed by atoms with Gasteiger partial charge in [-0.15, -0.1) is 0 Å². The maximum atomic E-state index is 6.24. The van der Waals surface area contributed by atoms with Gasteiger partial charge in [-0.3, -0.25) is 4.98 Å². The minimum absolute atomic E-state index is 0.118. The average Bonchev–Trinajstić information content (AvgIpc) is 2.48. The van der Waals surface area contributed by atoms with Gasteiger partial charge in [0.25, 0.3) is 0 Å². The molecule has 2 nitrogen and oxygen atoms in total. The number of aryl methyl sites for hydroxylation is 1. The van der Waals surface area contributed by atoms with E-state index in [9.17, 15) is 0 Å². The zero-order valence-electron chi connectivity index (χ0n) is 11.7. The van der Waals surface area contributed by atoms with Crippen LogP contribution >= 0.6 is 23.2 Å². The SMILES string of the molecule is CCc1cccnc1CNC(C)c1cccc(Cl)c1Cl. The molecule has 2 rings (SSSR count). The van der Waals surface area contributed by atoms with Gasteiger partial charge in [-0.25, -0.2) is 0 Å². The molecule has 1 unspecified atom stereocenters. The van der Waals surface area contributed by atoms with Crippen LogP contribution in [0.1, 0.15) is 36.7 Å².